The van der Waals surface area contributed by atoms with Gasteiger partial charge in [-0.1, -0.05) is 23.7 Å². The van der Waals surface area contributed by atoms with Crippen molar-refractivity contribution in [3.05, 3.63) is 40.9 Å². The number of carboxylic acids is 1. The van der Waals surface area contributed by atoms with Gasteiger partial charge in [-0.3, -0.25) is 9.59 Å². The molecular weight excluding hydrogens is 290 g/mol. The summed E-state index contributed by atoms with van der Waals surface area (Å²) < 4.78 is 0. The van der Waals surface area contributed by atoms with E-state index >= 15 is 0 Å². The van der Waals surface area contributed by atoms with Crippen molar-refractivity contribution in [3.63, 3.8) is 0 Å². The van der Waals surface area contributed by atoms with Gasteiger partial charge in [0, 0.05) is 30.6 Å². The molecule has 21 heavy (non-hydrogen) atoms. The molecule has 1 heterocycles. The molecule has 1 fully saturated rings. The smallest absolute Gasteiger partial charge is 0.303 e. The Morgan fingerprint density at radius 3 is 2.67 bits per heavy atom. The second-order valence-electron chi connectivity index (χ2n) is 5.25. The Labute approximate surface area is 129 Å². The summed E-state index contributed by atoms with van der Waals surface area (Å²) in [6, 6.07) is 7.30. The molecule has 1 aromatic rings. The molecule has 1 aliphatic rings. The number of nitrogens with zero attached hydrogens (tertiary/aromatic N) is 1. The Bertz CT molecular complexity index is 548. The highest BCUT2D eigenvalue weighted by atomic mass is 35.5. The Kier molecular flexibility index (Phi) is 5.39. The molecular formula is C16H18ClNO3. The molecule has 1 aromatic carbocycles. The highest BCUT2D eigenvalue weighted by molar-refractivity contribution is 6.30. The number of rotatable bonds is 4. The third-order valence-corrected chi connectivity index (χ3v) is 3.89. The zero-order chi connectivity index (χ0) is 15.2. The summed E-state index contributed by atoms with van der Waals surface area (Å²) in [6.07, 6.45) is 4.99. The van der Waals surface area contributed by atoms with Crippen LogP contribution in [0.25, 0.3) is 6.08 Å². The van der Waals surface area contributed by atoms with Crippen molar-refractivity contribution in [2.45, 2.75) is 19.3 Å². The number of benzene rings is 1. The first kappa shape index (κ1) is 15.6. The molecule has 4 nitrogen and oxygen atoms in total. The van der Waals surface area contributed by atoms with E-state index in [4.69, 9.17) is 16.7 Å². The second-order valence-corrected chi connectivity index (χ2v) is 5.69. The molecule has 0 saturated carbocycles. The number of hydrogen-bond donors (Lipinski definition) is 1. The van der Waals surface area contributed by atoms with Crippen molar-refractivity contribution >= 4 is 29.6 Å². The number of piperidine rings is 1. The summed E-state index contributed by atoms with van der Waals surface area (Å²) in [7, 11) is 0. The summed E-state index contributed by atoms with van der Waals surface area (Å²) in [5, 5.41) is 9.41. The minimum atomic E-state index is -0.763. The minimum Gasteiger partial charge on any atom is -0.481 e. The molecule has 0 spiro atoms. The average molecular weight is 308 g/mol. The normalized spacial score (nSPS) is 16.3. The molecule has 0 unspecified atom stereocenters. The van der Waals surface area contributed by atoms with E-state index in [2.05, 4.69) is 0 Å². The van der Waals surface area contributed by atoms with Crippen LogP contribution < -0.4 is 0 Å². The van der Waals surface area contributed by atoms with Gasteiger partial charge in [0.2, 0.25) is 5.91 Å². The molecule has 0 atom stereocenters. The van der Waals surface area contributed by atoms with E-state index in [-0.39, 0.29) is 18.2 Å². The lowest BCUT2D eigenvalue weighted by molar-refractivity contribution is -0.138. The van der Waals surface area contributed by atoms with Crippen LogP contribution in [0.4, 0.5) is 0 Å². The summed E-state index contributed by atoms with van der Waals surface area (Å²) in [4.78, 5) is 24.5. The fourth-order valence-corrected chi connectivity index (χ4v) is 2.69. The maximum Gasteiger partial charge on any atom is 0.303 e. The van der Waals surface area contributed by atoms with Crippen molar-refractivity contribution in [2.24, 2.45) is 5.92 Å². The van der Waals surface area contributed by atoms with Gasteiger partial charge in [-0.2, -0.15) is 0 Å². The van der Waals surface area contributed by atoms with Crippen molar-refractivity contribution in [2.75, 3.05) is 13.1 Å². The summed E-state index contributed by atoms with van der Waals surface area (Å²) >= 11 is 5.89. The number of carbonyl (C=O) groups is 2. The van der Waals surface area contributed by atoms with Crippen LogP contribution in [0.15, 0.2) is 30.3 Å². The van der Waals surface area contributed by atoms with Gasteiger partial charge in [0.25, 0.3) is 0 Å². The molecule has 2 rings (SSSR count). The SMILES string of the molecule is O=C(O)CC1CCN(C(=O)C=Cc2cccc(Cl)c2)CC1. The third-order valence-electron chi connectivity index (χ3n) is 3.66. The monoisotopic (exact) mass is 307 g/mol. The topological polar surface area (TPSA) is 57.6 Å². The van der Waals surface area contributed by atoms with Gasteiger partial charge in [0.1, 0.15) is 0 Å². The molecule has 0 aromatic heterocycles. The van der Waals surface area contributed by atoms with Crippen LogP contribution in [-0.2, 0) is 9.59 Å². The minimum absolute atomic E-state index is 0.0382. The number of carbonyl (C=O) groups excluding carboxylic acids is 1. The number of hydrogen-bond acceptors (Lipinski definition) is 2. The quantitative estimate of drug-likeness (QED) is 0.870. The van der Waals surface area contributed by atoms with Gasteiger partial charge in [0.15, 0.2) is 0 Å². The zero-order valence-corrected chi connectivity index (χ0v) is 12.4. The maximum absolute atomic E-state index is 12.1. The van der Waals surface area contributed by atoms with Crippen LogP contribution in [0, 0.1) is 5.92 Å². The lowest BCUT2D eigenvalue weighted by Gasteiger charge is -2.30. The third kappa shape index (κ3) is 4.90. The first-order valence-electron chi connectivity index (χ1n) is 6.99. The van der Waals surface area contributed by atoms with E-state index in [1.54, 1.807) is 29.2 Å². The van der Waals surface area contributed by atoms with Crippen molar-refractivity contribution < 1.29 is 14.7 Å². The predicted octanol–water partition coefficient (Wildman–Crippen LogP) is 3.07. The maximum atomic E-state index is 12.1. The van der Waals surface area contributed by atoms with E-state index in [1.165, 1.54) is 0 Å². The first-order valence-corrected chi connectivity index (χ1v) is 7.37. The van der Waals surface area contributed by atoms with Crippen molar-refractivity contribution in [1.29, 1.82) is 0 Å². The molecule has 1 amide bonds. The summed E-state index contributed by atoms with van der Waals surface area (Å²) in [5.74, 6) is -0.618. The number of halogens is 1. The zero-order valence-electron chi connectivity index (χ0n) is 11.7. The van der Waals surface area contributed by atoms with Crippen LogP contribution in [0.2, 0.25) is 5.02 Å². The molecule has 0 aliphatic carbocycles. The molecule has 0 bridgehead atoms. The van der Waals surface area contributed by atoms with Crippen LogP contribution in [0.3, 0.4) is 0 Å². The average Bonchev–Trinajstić information content (AvgIpc) is 2.45. The molecule has 1 saturated heterocycles. The lowest BCUT2D eigenvalue weighted by Crippen LogP contribution is -2.37. The van der Waals surface area contributed by atoms with Crippen molar-refractivity contribution in [3.8, 4) is 0 Å². The van der Waals surface area contributed by atoms with Gasteiger partial charge >= 0.3 is 5.97 Å². The van der Waals surface area contributed by atoms with Crippen LogP contribution in [0.1, 0.15) is 24.8 Å². The summed E-state index contributed by atoms with van der Waals surface area (Å²) in [6.45, 7) is 1.24. The Hall–Kier alpha value is -1.81. The highest BCUT2D eigenvalue weighted by Gasteiger charge is 2.23. The van der Waals surface area contributed by atoms with E-state index in [9.17, 15) is 9.59 Å². The van der Waals surface area contributed by atoms with Crippen LogP contribution >= 0.6 is 11.6 Å². The summed E-state index contributed by atoms with van der Waals surface area (Å²) in [5.41, 5.74) is 0.886. The Balaban J connectivity index is 1.86. The van der Waals surface area contributed by atoms with Gasteiger partial charge < -0.3 is 10.0 Å². The number of carboxylic acid groups (broad SMARTS) is 1. The van der Waals surface area contributed by atoms with Crippen LogP contribution in [0.5, 0.6) is 0 Å². The van der Waals surface area contributed by atoms with E-state index < -0.39 is 5.97 Å². The molecule has 1 aliphatic heterocycles. The van der Waals surface area contributed by atoms with Gasteiger partial charge in [-0.15, -0.1) is 0 Å². The first-order chi connectivity index (χ1) is 10.0. The number of amides is 1. The van der Waals surface area contributed by atoms with E-state index in [0.717, 1.165) is 18.4 Å². The molecule has 5 heteroatoms. The Morgan fingerprint density at radius 2 is 2.05 bits per heavy atom. The molecule has 0 radical (unpaired) electrons. The molecule has 1 N–H and O–H groups in total. The molecule has 112 valence electrons. The van der Waals surface area contributed by atoms with Crippen LogP contribution in [-0.4, -0.2) is 35.0 Å². The standard InChI is InChI=1S/C16H18ClNO3/c17-14-3-1-2-12(10-14)4-5-15(19)18-8-6-13(7-9-18)11-16(20)21/h1-5,10,13H,6-9,11H2,(H,20,21). The van der Waals surface area contributed by atoms with Gasteiger partial charge in [-0.05, 0) is 42.5 Å². The second kappa shape index (κ2) is 7.27. The van der Waals surface area contributed by atoms with Crippen molar-refractivity contribution in [1.82, 2.24) is 4.90 Å². The number of likely N-dealkylation sites (tertiary alicyclic amines) is 1. The fraction of sp³-hybridized carbons (Fsp3) is 0.375. The van der Waals surface area contributed by atoms with Gasteiger partial charge in [0.05, 0.1) is 0 Å². The fourth-order valence-electron chi connectivity index (χ4n) is 2.49. The Morgan fingerprint density at radius 1 is 1.33 bits per heavy atom. The van der Waals surface area contributed by atoms with E-state index in [0.29, 0.717) is 18.1 Å². The predicted molar refractivity (Wildman–Crippen MR) is 82.0 cm³/mol. The lowest BCUT2D eigenvalue weighted by atomic mass is 9.93. The number of aliphatic carboxylic acids is 1. The van der Waals surface area contributed by atoms with Gasteiger partial charge in [-0.25, -0.2) is 0 Å². The van der Waals surface area contributed by atoms with E-state index in [1.807, 2.05) is 12.1 Å². The largest absolute Gasteiger partial charge is 0.481 e. The highest BCUT2D eigenvalue weighted by Crippen LogP contribution is 2.20.